The molecule has 0 radical (unpaired) electrons. The van der Waals surface area contributed by atoms with Crippen molar-refractivity contribution in [3.8, 4) is 11.5 Å². The van der Waals surface area contributed by atoms with Gasteiger partial charge in [-0.15, -0.1) is 0 Å². The standard InChI is InChI=1S/C20H27BrN2O4/c1-4-26-16-10-14(15(21)11-17(16)27-5-2)12-23-18(24)20(22-19(23)25)9-7-6-8-13(20)3/h10-11,13H,4-9,12H2,1-3H3,(H,22,25)/t13-,20+/m1/s1. The van der Waals surface area contributed by atoms with E-state index >= 15 is 0 Å². The van der Waals surface area contributed by atoms with Crippen LogP contribution in [0.5, 0.6) is 11.5 Å². The van der Waals surface area contributed by atoms with Gasteiger partial charge in [0.15, 0.2) is 11.5 Å². The van der Waals surface area contributed by atoms with Crippen molar-refractivity contribution >= 4 is 27.9 Å². The summed E-state index contributed by atoms with van der Waals surface area (Å²) in [5.74, 6) is 1.30. The fourth-order valence-electron chi connectivity index (χ4n) is 4.04. The fraction of sp³-hybridized carbons (Fsp3) is 0.600. The van der Waals surface area contributed by atoms with Gasteiger partial charge >= 0.3 is 6.03 Å². The van der Waals surface area contributed by atoms with E-state index in [1.54, 1.807) is 0 Å². The van der Waals surface area contributed by atoms with E-state index in [1.807, 2.05) is 26.0 Å². The molecule has 1 N–H and O–H groups in total. The summed E-state index contributed by atoms with van der Waals surface area (Å²) in [6, 6.07) is 3.36. The number of amides is 3. The van der Waals surface area contributed by atoms with E-state index in [1.165, 1.54) is 4.90 Å². The van der Waals surface area contributed by atoms with E-state index in [4.69, 9.17) is 9.47 Å². The first-order valence-electron chi connectivity index (χ1n) is 9.65. The first kappa shape index (κ1) is 20.0. The molecule has 27 heavy (non-hydrogen) atoms. The third-order valence-electron chi connectivity index (χ3n) is 5.54. The monoisotopic (exact) mass is 438 g/mol. The van der Waals surface area contributed by atoms with Gasteiger partial charge in [-0.1, -0.05) is 35.7 Å². The van der Waals surface area contributed by atoms with Crippen LogP contribution in [0.15, 0.2) is 16.6 Å². The molecular weight excluding hydrogens is 412 g/mol. The molecule has 0 unspecified atom stereocenters. The molecular formula is C20H27BrN2O4. The lowest BCUT2D eigenvalue weighted by molar-refractivity contribution is -0.134. The molecule has 1 aliphatic heterocycles. The Kier molecular flexibility index (Phi) is 5.99. The minimum atomic E-state index is -0.740. The van der Waals surface area contributed by atoms with Gasteiger partial charge < -0.3 is 14.8 Å². The van der Waals surface area contributed by atoms with Crippen LogP contribution < -0.4 is 14.8 Å². The number of nitrogens with zero attached hydrogens (tertiary/aromatic N) is 1. The Morgan fingerprint density at radius 3 is 2.48 bits per heavy atom. The third kappa shape index (κ3) is 3.66. The van der Waals surface area contributed by atoms with E-state index in [2.05, 4.69) is 28.2 Å². The smallest absolute Gasteiger partial charge is 0.325 e. The van der Waals surface area contributed by atoms with Crippen LogP contribution in [0.1, 0.15) is 52.0 Å². The Balaban J connectivity index is 1.87. The lowest BCUT2D eigenvalue weighted by Gasteiger charge is -2.36. The minimum absolute atomic E-state index is 0.113. The summed E-state index contributed by atoms with van der Waals surface area (Å²) in [7, 11) is 0. The molecule has 2 fully saturated rings. The van der Waals surface area contributed by atoms with Crippen LogP contribution in [0.3, 0.4) is 0 Å². The Morgan fingerprint density at radius 2 is 1.85 bits per heavy atom. The Hall–Kier alpha value is -1.76. The Bertz CT molecular complexity index is 739. The predicted octanol–water partition coefficient (Wildman–Crippen LogP) is 4.25. The molecule has 2 aliphatic rings. The van der Waals surface area contributed by atoms with E-state index in [9.17, 15) is 9.59 Å². The molecule has 0 bridgehead atoms. The molecule has 1 aliphatic carbocycles. The Labute approximate surface area is 168 Å². The van der Waals surface area contributed by atoms with Crippen molar-refractivity contribution in [2.45, 2.75) is 58.5 Å². The van der Waals surface area contributed by atoms with Gasteiger partial charge in [-0.3, -0.25) is 9.69 Å². The van der Waals surface area contributed by atoms with Crippen LogP contribution in [0, 0.1) is 5.92 Å². The predicted molar refractivity (Wildman–Crippen MR) is 106 cm³/mol. The summed E-state index contributed by atoms with van der Waals surface area (Å²) in [4.78, 5) is 27.1. The molecule has 1 heterocycles. The second-order valence-electron chi connectivity index (χ2n) is 7.20. The Morgan fingerprint density at radius 1 is 1.19 bits per heavy atom. The second kappa shape index (κ2) is 8.09. The normalized spacial score (nSPS) is 25.0. The highest BCUT2D eigenvalue weighted by Crippen LogP contribution is 2.40. The molecule has 1 saturated heterocycles. The van der Waals surface area contributed by atoms with Crippen LogP contribution in [-0.2, 0) is 11.3 Å². The van der Waals surface area contributed by atoms with Crippen LogP contribution in [-0.4, -0.2) is 35.6 Å². The van der Waals surface area contributed by atoms with Gasteiger partial charge in [-0.25, -0.2) is 4.79 Å². The number of nitrogens with one attached hydrogen (secondary N) is 1. The molecule has 2 atom stereocenters. The number of halogens is 1. The van der Waals surface area contributed by atoms with Crippen molar-refractivity contribution in [1.29, 1.82) is 0 Å². The molecule has 3 amide bonds. The molecule has 1 aromatic rings. The van der Waals surface area contributed by atoms with E-state index in [0.29, 0.717) is 31.1 Å². The average Bonchev–Trinajstić information content (AvgIpc) is 2.86. The first-order chi connectivity index (χ1) is 12.9. The number of ether oxygens (including phenoxy) is 2. The van der Waals surface area contributed by atoms with E-state index in [-0.39, 0.29) is 24.4 Å². The summed E-state index contributed by atoms with van der Waals surface area (Å²) in [6.45, 7) is 7.11. The van der Waals surface area contributed by atoms with Crippen molar-refractivity contribution in [3.63, 3.8) is 0 Å². The average molecular weight is 439 g/mol. The number of imide groups is 1. The zero-order valence-corrected chi connectivity index (χ0v) is 17.7. The van der Waals surface area contributed by atoms with Gasteiger partial charge in [0, 0.05) is 4.47 Å². The zero-order chi connectivity index (χ0) is 19.6. The molecule has 1 spiro atoms. The van der Waals surface area contributed by atoms with Gasteiger partial charge in [0.1, 0.15) is 5.54 Å². The third-order valence-corrected chi connectivity index (χ3v) is 6.28. The molecule has 6 nitrogen and oxygen atoms in total. The molecule has 1 aromatic carbocycles. The van der Waals surface area contributed by atoms with Gasteiger partial charge in [-0.05, 0) is 50.3 Å². The summed E-state index contributed by atoms with van der Waals surface area (Å²) >= 11 is 3.54. The van der Waals surface area contributed by atoms with Crippen molar-refractivity contribution < 1.29 is 19.1 Å². The number of carbonyl (C=O) groups excluding carboxylic acids is 2. The highest BCUT2D eigenvalue weighted by Gasteiger charge is 2.54. The van der Waals surface area contributed by atoms with Crippen molar-refractivity contribution in [2.75, 3.05) is 13.2 Å². The molecule has 1 saturated carbocycles. The number of hydrogen-bond donors (Lipinski definition) is 1. The van der Waals surface area contributed by atoms with E-state index in [0.717, 1.165) is 29.3 Å². The number of hydrogen-bond acceptors (Lipinski definition) is 4. The highest BCUT2D eigenvalue weighted by molar-refractivity contribution is 9.10. The van der Waals surface area contributed by atoms with Crippen molar-refractivity contribution in [3.05, 3.63) is 22.2 Å². The second-order valence-corrected chi connectivity index (χ2v) is 8.05. The van der Waals surface area contributed by atoms with E-state index < -0.39 is 5.54 Å². The lowest BCUT2D eigenvalue weighted by Crippen LogP contribution is -2.53. The van der Waals surface area contributed by atoms with Gasteiger partial charge in [0.2, 0.25) is 0 Å². The largest absolute Gasteiger partial charge is 0.490 e. The van der Waals surface area contributed by atoms with Crippen LogP contribution in [0.2, 0.25) is 0 Å². The maximum atomic E-state index is 13.2. The molecule has 7 heteroatoms. The number of rotatable bonds is 6. The van der Waals surface area contributed by atoms with Crippen molar-refractivity contribution in [1.82, 2.24) is 10.2 Å². The van der Waals surface area contributed by atoms with Gasteiger partial charge in [0.25, 0.3) is 5.91 Å². The minimum Gasteiger partial charge on any atom is -0.490 e. The van der Waals surface area contributed by atoms with Gasteiger partial charge in [0.05, 0.1) is 19.8 Å². The maximum Gasteiger partial charge on any atom is 0.325 e. The molecule has 0 aromatic heterocycles. The first-order valence-corrected chi connectivity index (χ1v) is 10.4. The number of urea groups is 1. The summed E-state index contributed by atoms with van der Waals surface area (Å²) in [5, 5.41) is 3.00. The summed E-state index contributed by atoms with van der Waals surface area (Å²) < 4.78 is 12.1. The molecule has 148 valence electrons. The lowest BCUT2D eigenvalue weighted by atomic mass is 9.73. The van der Waals surface area contributed by atoms with Gasteiger partial charge in [-0.2, -0.15) is 0 Å². The summed E-state index contributed by atoms with van der Waals surface area (Å²) in [6.07, 6.45) is 3.74. The maximum absolute atomic E-state index is 13.2. The number of carbonyl (C=O) groups is 2. The molecule has 3 rings (SSSR count). The van der Waals surface area contributed by atoms with Crippen LogP contribution >= 0.6 is 15.9 Å². The zero-order valence-electron chi connectivity index (χ0n) is 16.1. The fourth-order valence-corrected chi connectivity index (χ4v) is 4.49. The van der Waals surface area contributed by atoms with Crippen molar-refractivity contribution in [2.24, 2.45) is 5.92 Å². The number of benzene rings is 1. The topological polar surface area (TPSA) is 67.9 Å². The SMILES string of the molecule is CCOc1cc(Br)c(CN2C(=O)N[C@]3(CCCC[C@H]3C)C2=O)cc1OCC. The van der Waals surface area contributed by atoms with Crippen LogP contribution in [0.4, 0.5) is 4.79 Å². The highest BCUT2D eigenvalue weighted by atomic mass is 79.9. The quantitative estimate of drug-likeness (QED) is 0.674. The van der Waals surface area contributed by atoms with Crippen LogP contribution in [0.25, 0.3) is 0 Å². The summed E-state index contributed by atoms with van der Waals surface area (Å²) in [5.41, 5.74) is 0.0708.